The summed E-state index contributed by atoms with van der Waals surface area (Å²) in [6, 6.07) is 10.1. The summed E-state index contributed by atoms with van der Waals surface area (Å²) in [4.78, 5) is 19.5. The second-order valence-corrected chi connectivity index (χ2v) is 5.96. The highest BCUT2D eigenvalue weighted by Crippen LogP contribution is 2.17. The van der Waals surface area contributed by atoms with Crippen molar-refractivity contribution in [2.45, 2.75) is 12.5 Å². The third-order valence-corrected chi connectivity index (χ3v) is 4.29. The predicted molar refractivity (Wildman–Crippen MR) is 86.4 cm³/mol. The van der Waals surface area contributed by atoms with Gasteiger partial charge < -0.3 is 10.2 Å². The minimum atomic E-state index is -0.0312. The van der Waals surface area contributed by atoms with Gasteiger partial charge in [0.25, 0.3) is 0 Å². The lowest BCUT2D eigenvalue weighted by Crippen LogP contribution is -2.36. The summed E-state index contributed by atoms with van der Waals surface area (Å²) in [5.41, 5.74) is 0. The summed E-state index contributed by atoms with van der Waals surface area (Å²) in [5.74, 6) is 0.944. The van der Waals surface area contributed by atoms with Gasteiger partial charge in [0.2, 0.25) is 5.91 Å². The average molecular weight is 299 g/mol. The van der Waals surface area contributed by atoms with Gasteiger partial charge in [0.15, 0.2) is 0 Å². The molecule has 1 aliphatic rings. The lowest BCUT2D eigenvalue weighted by molar-refractivity contribution is -0.117. The molecule has 0 aliphatic carbocycles. The second-order valence-electron chi connectivity index (χ2n) is 4.98. The molecule has 1 saturated heterocycles. The zero-order valence-electron chi connectivity index (χ0n) is 11.6. The summed E-state index contributed by atoms with van der Waals surface area (Å²) in [5, 5.41) is 5.05. The first-order valence-electron chi connectivity index (χ1n) is 6.99. The van der Waals surface area contributed by atoms with Crippen molar-refractivity contribution in [3.8, 4) is 0 Å². The SMILES string of the molecule is O=C(/C=C/c1cccs1)NC1CCN(c2ccccn2)C1. The Bertz CT molecular complexity index is 610. The molecule has 0 radical (unpaired) electrons. The molecule has 1 amide bonds. The maximum atomic E-state index is 11.9. The van der Waals surface area contributed by atoms with Crippen LogP contribution in [0.2, 0.25) is 0 Å². The molecule has 1 fully saturated rings. The first-order valence-corrected chi connectivity index (χ1v) is 7.87. The smallest absolute Gasteiger partial charge is 0.244 e. The number of carbonyl (C=O) groups is 1. The molecule has 0 spiro atoms. The van der Waals surface area contributed by atoms with Crippen molar-refractivity contribution in [2.24, 2.45) is 0 Å². The number of pyridine rings is 1. The molecular formula is C16H17N3OS. The lowest BCUT2D eigenvalue weighted by atomic mass is 10.2. The number of nitrogens with zero attached hydrogens (tertiary/aromatic N) is 2. The summed E-state index contributed by atoms with van der Waals surface area (Å²) in [7, 11) is 0. The molecule has 21 heavy (non-hydrogen) atoms. The summed E-state index contributed by atoms with van der Waals surface area (Å²) < 4.78 is 0. The number of nitrogens with one attached hydrogen (secondary N) is 1. The van der Waals surface area contributed by atoms with Gasteiger partial charge in [-0.1, -0.05) is 12.1 Å². The monoisotopic (exact) mass is 299 g/mol. The highest BCUT2D eigenvalue weighted by atomic mass is 32.1. The minimum absolute atomic E-state index is 0.0312. The average Bonchev–Trinajstić information content (AvgIpc) is 3.17. The predicted octanol–water partition coefficient (Wildman–Crippen LogP) is 2.55. The highest BCUT2D eigenvalue weighted by Gasteiger charge is 2.23. The van der Waals surface area contributed by atoms with E-state index in [2.05, 4.69) is 15.2 Å². The fourth-order valence-electron chi connectivity index (χ4n) is 2.42. The molecule has 108 valence electrons. The van der Waals surface area contributed by atoms with Crippen LogP contribution in [0.4, 0.5) is 5.82 Å². The first-order chi connectivity index (χ1) is 10.3. The fraction of sp³-hybridized carbons (Fsp3) is 0.250. The second kappa shape index (κ2) is 6.54. The van der Waals surface area contributed by atoms with Gasteiger partial charge in [0.05, 0.1) is 0 Å². The van der Waals surface area contributed by atoms with Crippen LogP contribution in [0.5, 0.6) is 0 Å². The van der Waals surface area contributed by atoms with Gasteiger partial charge in [-0.2, -0.15) is 0 Å². The fourth-order valence-corrected chi connectivity index (χ4v) is 3.04. The van der Waals surface area contributed by atoms with Gasteiger partial charge in [-0.15, -0.1) is 11.3 Å². The lowest BCUT2D eigenvalue weighted by Gasteiger charge is -2.17. The Labute approximate surface area is 128 Å². The summed E-state index contributed by atoms with van der Waals surface area (Å²) in [6.07, 6.45) is 6.21. The van der Waals surface area contributed by atoms with Gasteiger partial charge in [-0.05, 0) is 36.1 Å². The van der Waals surface area contributed by atoms with E-state index in [1.807, 2.05) is 41.8 Å². The van der Waals surface area contributed by atoms with Crippen LogP contribution in [0.25, 0.3) is 6.08 Å². The number of thiophene rings is 1. The zero-order chi connectivity index (χ0) is 14.5. The Hall–Kier alpha value is -2.14. The molecule has 1 N–H and O–H groups in total. The van der Waals surface area contributed by atoms with Crippen molar-refractivity contribution >= 4 is 29.1 Å². The number of hydrogen-bond acceptors (Lipinski definition) is 4. The molecule has 1 atom stereocenters. The van der Waals surface area contributed by atoms with Crippen molar-refractivity contribution in [1.29, 1.82) is 0 Å². The largest absolute Gasteiger partial charge is 0.354 e. The molecule has 1 aliphatic heterocycles. The highest BCUT2D eigenvalue weighted by molar-refractivity contribution is 7.10. The normalized spacial score (nSPS) is 18.3. The molecule has 0 saturated carbocycles. The maximum absolute atomic E-state index is 11.9. The van der Waals surface area contributed by atoms with E-state index in [0.29, 0.717) is 0 Å². The van der Waals surface area contributed by atoms with Crippen molar-refractivity contribution in [1.82, 2.24) is 10.3 Å². The van der Waals surface area contributed by atoms with E-state index in [9.17, 15) is 4.79 Å². The van der Waals surface area contributed by atoms with Crippen LogP contribution in [0.1, 0.15) is 11.3 Å². The molecule has 0 bridgehead atoms. The number of anilines is 1. The molecular weight excluding hydrogens is 282 g/mol. The van der Waals surface area contributed by atoms with E-state index in [1.165, 1.54) is 0 Å². The van der Waals surface area contributed by atoms with Crippen LogP contribution >= 0.6 is 11.3 Å². The van der Waals surface area contributed by atoms with Crippen molar-refractivity contribution in [2.75, 3.05) is 18.0 Å². The Morgan fingerprint density at radius 3 is 3.10 bits per heavy atom. The minimum Gasteiger partial charge on any atom is -0.354 e. The Morgan fingerprint density at radius 2 is 2.33 bits per heavy atom. The number of hydrogen-bond donors (Lipinski definition) is 1. The van der Waals surface area contributed by atoms with Crippen LogP contribution in [0.15, 0.2) is 48.0 Å². The van der Waals surface area contributed by atoms with Crippen LogP contribution in [0, 0.1) is 0 Å². The maximum Gasteiger partial charge on any atom is 0.244 e. The quantitative estimate of drug-likeness (QED) is 0.883. The summed E-state index contributed by atoms with van der Waals surface area (Å²) in [6.45, 7) is 1.74. The van der Waals surface area contributed by atoms with Gasteiger partial charge in [-0.25, -0.2) is 4.98 Å². The van der Waals surface area contributed by atoms with E-state index in [4.69, 9.17) is 0 Å². The number of rotatable bonds is 4. The van der Waals surface area contributed by atoms with Gasteiger partial charge in [-0.3, -0.25) is 4.79 Å². The van der Waals surface area contributed by atoms with E-state index in [-0.39, 0.29) is 11.9 Å². The third-order valence-electron chi connectivity index (χ3n) is 3.45. The molecule has 3 heterocycles. The molecule has 5 heteroatoms. The Kier molecular flexibility index (Phi) is 4.31. The van der Waals surface area contributed by atoms with Crippen molar-refractivity contribution in [3.63, 3.8) is 0 Å². The number of carbonyl (C=O) groups excluding carboxylic acids is 1. The van der Waals surface area contributed by atoms with Gasteiger partial charge in [0, 0.05) is 36.3 Å². The van der Waals surface area contributed by atoms with Crippen LogP contribution < -0.4 is 10.2 Å². The van der Waals surface area contributed by atoms with Gasteiger partial charge in [0.1, 0.15) is 5.82 Å². The van der Waals surface area contributed by atoms with E-state index >= 15 is 0 Å². The topological polar surface area (TPSA) is 45.2 Å². The third kappa shape index (κ3) is 3.70. The van der Waals surface area contributed by atoms with Crippen molar-refractivity contribution in [3.05, 3.63) is 52.9 Å². The van der Waals surface area contributed by atoms with Crippen molar-refractivity contribution < 1.29 is 4.79 Å². The molecule has 2 aromatic heterocycles. The molecule has 2 aromatic rings. The van der Waals surface area contributed by atoms with E-state index < -0.39 is 0 Å². The van der Waals surface area contributed by atoms with Crippen LogP contribution in [-0.2, 0) is 4.79 Å². The van der Waals surface area contributed by atoms with E-state index in [0.717, 1.165) is 30.2 Å². The Morgan fingerprint density at radius 1 is 1.38 bits per heavy atom. The molecule has 0 aromatic carbocycles. The molecule has 1 unspecified atom stereocenters. The number of amides is 1. The number of aromatic nitrogens is 1. The van der Waals surface area contributed by atoms with Gasteiger partial charge >= 0.3 is 0 Å². The Balaban J connectivity index is 1.52. The molecule has 3 rings (SSSR count). The zero-order valence-corrected chi connectivity index (χ0v) is 12.4. The van der Waals surface area contributed by atoms with Crippen LogP contribution in [-0.4, -0.2) is 30.0 Å². The molecule has 4 nitrogen and oxygen atoms in total. The van der Waals surface area contributed by atoms with E-state index in [1.54, 1.807) is 23.6 Å². The summed E-state index contributed by atoms with van der Waals surface area (Å²) >= 11 is 1.62. The first kappa shape index (κ1) is 13.8. The van der Waals surface area contributed by atoms with Crippen LogP contribution in [0.3, 0.4) is 0 Å². The standard InChI is InChI=1S/C16H17N3OS/c20-16(7-6-14-4-3-11-21-14)18-13-8-10-19(12-13)15-5-1-2-9-17-15/h1-7,9,11,13H,8,10,12H2,(H,18,20)/b7-6+.